The predicted octanol–water partition coefficient (Wildman–Crippen LogP) is 3.17. The van der Waals surface area contributed by atoms with E-state index in [9.17, 15) is 0 Å². The maximum atomic E-state index is 8.56. The maximum Gasteiger partial charge on any atom is 0.503 e. The number of carbonyl (C=O) groups is 3. The molecule has 0 heterocycles. The second kappa shape index (κ2) is 15.6. The molecule has 1 aliphatic rings. The molecular formula is C10H18O9. The summed E-state index contributed by atoms with van der Waals surface area (Å²) in [5.74, 6) is 0. The van der Waals surface area contributed by atoms with Crippen LogP contribution in [0.4, 0.5) is 14.4 Å². The van der Waals surface area contributed by atoms with E-state index < -0.39 is 18.5 Å². The molecule has 0 aromatic rings. The van der Waals surface area contributed by atoms with Gasteiger partial charge in [0, 0.05) is 0 Å². The van der Waals surface area contributed by atoms with Gasteiger partial charge in [0.15, 0.2) is 0 Å². The molecule has 9 nitrogen and oxygen atoms in total. The summed E-state index contributed by atoms with van der Waals surface area (Å²) in [7, 11) is 0. The first kappa shape index (κ1) is 21.8. The molecule has 0 radical (unpaired) electrons. The quantitative estimate of drug-likeness (QED) is 0.364. The van der Waals surface area contributed by atoms with Crippen molar-refractivity contribution in [1.29, 1.82) is 0 Å². The summed E-state index contributed by atoms with van der Waals surface area (Å²) in [5, 5.41) is 41.8. The molecule has 1 rings (SSSR count). The van der Waals surface area contributed by atoms with Gasteiger partial charge in [0.1, 0.15) is 0 Å². The van der Waals surface area contributed by atoms with Crippen molar-refractivity contribution in [2.45, 2.75) is 32.6 Å². The Hall–Kier alpha value is -2.45. The molecule has 0 saturated carbocycles. The zero-order valence-electron chi connectivity index (χ0n) is 10.3. The van der Waals surface area contributed by atoms with Crippen LogP contribution in [0.5, 0.6) is 0 Å². The monoisotopic (exact) mass is 282 g/mol. The number of hydrogen-bond donors (Lipinski definition) is 6. The van der Waals surface area contributed by atoms with Crippen molar-refractivity contribution >= 4 is 18.5 Å². The molecule has 0 bridgehead atoms. The highest BCUT2D eigenvalue weighted by Gasteiger charge is 1.95. The Morgan fingerprint density at radius 2 is 1.16 bits per heavy atom. The predicted molar refractivity (Wildman–Crippen MR) is 64.2 cm³/mol. The maximum absolute atomic E-state index is 8.56. The second-order valence-electron chi connectivity index (χ2n) is 3.14. The third kappa shape index (κ3) is 92.7. The Labute approximate surface area is 109 Å². The highest BCUT2D eigenvalue weighted by molar-refractivity contribution is 5.53. The third-order valence-electron chi connectivity index (χ3n) is 1.52. The molecule has 112 valence electrons. The molecule has 1 aliphatic carbocycles. The van der Waals surface area contributed by atoms with E-state index in [2.05, 4.69) is 13.0 Å². The smallest absolute Gasteiger partial charge is 0.450 e. The van der Waals surface area contributed by atoms with Gasteiger partial charge < -0.3 is 30.6 Å². The van der Waals surface area contributed by atoms with Gasteiger partial charge in [-0.05, 0) is 32.6 Å². The molecule has 0 aromatic carbocycles. The summed E-state index contributed by atoms with van der Waals surface area (Å²) in [6, 6.07) is 0. The second-order valence-corrected chi connectivity index (χ2v) is 3.14. The molecule has 0 fully saturated rings. The highest BCUT2D eigenvalue weighted by atomic mass is 16.6. The zero-order valence-corrected chi connectivity index (χ0v) is 10.3. The Morgan fingerprint density at radius 1 is 0.842 bits per heavy atom. The lowest BCUT2D eigenvalue weighted by molar-refractivity contribution is 0.135. The fourth-order valence-corrected chi connectivity index (χ4v) is 0.999. The van der Waals surface area contributed by atoms with Gasteiger partial charge in [0.05, 0.1) is 0 Å². The molecule has 0 amide bonds. The summed E-state index contributed by atoms with van der Waals surface area (Å²) in [4.78, 5) is 25.7. The van der Waals surface area contributed by atoms with Crippen LogP contribution in [-0.4, -0.2) is 49.1 Å². The van der Waals surface area contributed by atoms with Gasteiger partial charge in [-0.3, -0.25) is 0 Å². The Balaban J connectivity index is -0.000000189. The van der Waals surface area contributed by atoms with Crippen molar-refractivity contribution in [1.82, 2.24) is 0 Å². The van der Waals surface area contributed by atoms with E-state index in [0.29, 0.717) is 0 Å². The molecule has 0 atom stereocenters. The molecule has 6 N–H and O–H groups in total. The number of carboxylic acid groups (broad SMARTS) is 6. The average Bonchev–Trinajstić information content (AvgIpc) is 2.15. The van der Waals surface area contributed by atoms with Crippen molar-refractivity contribution in [3.63, 3.8) is 0 Å². The molecule has 19 heavy (non-hydrogen) atoms. The van der Waals surface area contributed by atoms with Gasteiger partial charge in [-0.25, -0.2) is 14.4 Å². The van der Waals surface area contributed by atoms with Gasteiger partial charge in [0.2, 0.25) is 0 Å². The normalized spacial score (nSPS) is 11.7. The van der Waals surface area contributed by atoms with Crippen molar-refractivity contribution < 1.29 is 45.0 Å². The molecule has 0 aliphatic heterocycles. The van der Waals surface area contributed by atoms with E-state index in [0.717, 1.165) is 0 Å². The van der Waals surface area contributed by atoms with Crippen LogP contribution in [0.3, 0.4) is 0 Å². The van der Waals surface area contributed by atoms with Crippen LogP contribution in [0.15, 0.2) is 11.6 Å². The third-order valence-corrected chi connectivity index (χ3v) is 1.52. The Kier molecular flexibility index (Phi) is 17.8. The van der Waals surface area contributed by atoms with Crippen LogP contribution < -0.4 is 0 Å². The van der Waals surface area contributed by atoms with Crippen molar-refractivity contribution in [2.24, 2.45) is 0 Å². The first-order valence-electron chi connectivity index (χ1n) is 5.00. The van der Waals surface area contributed by atoms with Crippen molar-refractivity contribution in [3.05, 3.63) is 11.6 Å². The SMILES string of the molecule is CC1=CCCCC1.O=C(O)O.O=C(O)O.O=C(O)O. The van der Waals surface area contributed by atoms with Crippen LogP contribution in [0, 0.1) is 0 Å². The lowest BCUT2D eigenvalue weighted by atomic mass is 10.0. The van der Waals surface area contributed by atoms with Gasteiger partial charge >= 0.3 is 18.5 Å². The van der Waals surface area contributed by atoms with Crippen LogP contribution in [-0.2, 0) is 0 Å². The van der Waals surface area contributed by atoms with E-state index in [1.54, 1.807) is 5.57 Å². The minimum Gasteiger partial charge on any atom is -0.450 e. The van der Waals surface area contributed by atoms with Crippen molar-refractivity contribution in [2.75, 3.05) is 0 Å². The Morgan fingerprint density at radius 3 is 1.26 bits per heavy atom. The van der Waals surface area contributed by atoms with E-state index in [1.165, 1.54) is 25.7 Å². The highest BCUT2D eigenvalue weighted by Crippen LogP contribution is 2.15. The summed E-state index contributed by atoms with van der Waals surface area (Å²) < 4.78 is 0. The van der Waals surface area contributed by atoms with Crippen molar-refractivity contribution in [3.8, 4) is 0 Å². The van der Waals surface area contributed by atoms with Crippen LogP contribution in [0.1, 0.15) is 32.6 Å². The van der Waals surface area contributed by atoms with E-state index in [4.69, 9.17) is 45.0 Å². The van der Waals surface area contributed by atoms with E-state index >= 15 is 0 Å². The summed E-state index contributed by atoms with van der Waals surface area (Å²) in [6.07, 6.45) is 2.36. The lowest BCUT2D eigenvalue weighted by Crippen LogP contribution is -1.85. The minimum absolute atomic E-state index is 1.33. The molecule has 9 heteroatoms. The zero-order chi connectivity index (χ0) is 15.8. The van der Waals surface area contributed by atoms with Crippen LogP contribution in [0.2, 0.25) is 0 Å². The molecule has 0 saturated heterocycles. The van der Waals surface area contributed by atoms with Gasteiger partial charge in [-0.2, -0.15) is 0 Å². The van der Waals surface area contributed by atoms with E-state index in [-0.39, 0.29) is 0 Å². The number of rotatable bonds is 0. The molecule has 0 unspecified atom stereocenters. The fraction of sp³-hybridized carbons (Fsp3) is 0.500. The lowest BCUT2D eigenvalue weighted by Gasteiger charge is -2.05. The minimum atomic E-state index is -1.83. The molecule has 0 aromatic heterocycles. The van der Waals surface area contributed by atoms with Gasteiger partial charge in [0.25, 0.3) is 0 Å². The molecule has 0 spiro atoms. The first-order valence-corrected chi connectivity index (χ1v) is 5.00. The van der Waals surface area contributed by atoms with Gasteiger partial charge in [-0.1, -0.05) is 11.6 Å². The Bertz CT molecular complexity index is 255. The number of hydrogen-bond acceptors (Lipinski definition) is 3. The van der Waals surface area contributed by atoms with E-state index in [1.807, 2.05) is 0 Å². The van der Waals surface area contributed by atoms with Crippen LogP contribution in [0.25, 0.3) is 0 Å². The first-order chi connectivity index (χ1) is 8.59. The fourth-order valence-electron chi connectivity index (χ4n) is 0.999. The van der Waals surface area contributed by atoms with Crippen LogP contribution >= 0.6 is 0 Å². The average molecular weight is 282 g/mol. The van der Waals surface area contributed by atoms with Gasteiger partial charge in [-0.15, -0.1) is 0 Å². The largest absolute Gasteiger partial charge is 0.503 e. The standard InChI is InChI=1S/C7H12.3CH2O3/c1-7-5-3-2-4-6-7;3*2-1(3)4/h5H,2-4,6H2,1H3;3*(H2,2,3,4). The summed E-state index contributed by atoms with van der Waals surface area (Å²) in [5.41, 5.74) is 1.59. The number of allylic oxidation sites excluding steroid dienone is 2. The summed E-state index contributed by atoms with van der Waals surface area (Å²) >= 11 is 0. The topological polar surface area (TPSA) is 173 Å². The molecular weight excluding hydrogens is 264 g/mol. The summed E-state index contributed by atoms with van der Waals surface area (Å²) in [6.45, 7) is 2.22.